The van der Waals surface area contributed by atoms with Crippen molar-refractivity contribution in [2.45, 2.75) is 50.8 Å². The second-order valence-corrected chi connectivity index (χ2v) is 7.99. The standard InChI is InChI=1S/C20H22O6/c1-5-8(2)18(21)26-16-13-10(4)19(22)25-15(13)12-9(3)6-11-14(12)20(7-23-20)17(16)24-11/h5-6,11-17H,4,7H2,1-3H3/b8-5+/t11-,12+,13+,14-,15-,16+,17+,20+/m1/s1. The highest BCUT2D eigenvalue weighted by atomic mass is 16.7. The number of hydrogen-bond donors (Lipinski definition) is 0. The number of rotatable bonds is 2. The van der Waals surface area contributed by atoms with Gasteiger partial charge in [-0.15, -0.1) is 0 Å². The predicted molar refractivity (Wildman–Crippen MR) is 89.9 cm³/mol. The van der Waals surface area contributed by atoms with E-state index in [1.54, 1.807) is 19.9 Å². The second kappa shape index (κ2) is 5.08. The number of fused-ring (bicyclic) bond motifs is 2. The van der Waals surface area contributed by atoms with Crippen LogP contribution in [0.1, 0.15) is 20.8 Å². The average molecular weight is 358 g/mol. The SMILES string of the molecule is C=C1C(=O)O[C@H]2[C@H]1[C@H](OC(=O)/C(C)=C/C)[C@@H]1O[C@@H]3C=C(C)[C@H]2[C@@H]3[C@@]12CO2. The summed E-state index contributed by atoms with van der Waals surface area (Å²) >= 11 is 0. The molecule has 0 amide bonds. The zero-order valence-electron chi connectivity index (χ0n) is 15.1. The molecule has 3 aliphatic heterocycles. The van der Waals surface area contributed by atoms with Crippen LogP contribution in [-0.4, -0.2) is 48.6 Å². The fourth-order valence-electron chi connectivity index (χ4n) is 5.35. The van der Waals surface area contributed by atoms with Crippen molar-refractivity contribution >= 4 is 11.9 Å². The minimum Gasteiger partial charge on any atom is -0.458 e. The number of esters is 2. The van der Waals surface area contributed by atoms with Gasteiger partial charge >= 0.3 is 11.9 Å². The van der Waals surface area contributed by atoms with Crippen LogP contribution < -0.4 is 0 Å². The molecule has 2 aliphatic carbocycles. The first kappa shape index (κ1) is 16.3. The highest BCUT2D eigenvalue weighted by Crippen LogP contribution is 2.63. The van der Waals surface area contributed by atoms with Gasteiger partial charge in [-0.05, 0) is 20.8 Å². The van der Waals surface area contributed by atoms with Gasteiger partial charge in [-0.3, -0.25) is 0 Å². The molecule has 1 saturated carbocycles. The number of epoxide rings is 1. The van der Waals surface area contributed by atoms with E-state index in [1.165, 1.54) is 0 Å². The molecule has 0 aromatic heterocycles. The third kappa shape index (κ3) is 1.84. The minimum absolute atomic E-state index is 0.00668. The van der Waals surface area contributed by atoms with Gasteiger partial charge < -0.3 is 18.9 Å². The Morgan fingerprint density at radius 2 is 2.15 bits per heavy atom. The molecule has 4 fully saturated rings. The molecule has 6 nitrogen and oxygen atoms in total. The lowest BCUT2D eigenvalue weighted by atomic mass is 9.78. The molecule has 0 radical (unpaired) electrons. The predicted octanol–water partition coefficient (Wildman–Crippen LogP) is 1.70. The maximum Gasteiger partial charge on any atom is 0.334 e. The molecule has 2 bridgehead atoms. The summed E-state index contributed by atoms with van der Waals surface area (Å²) in [4.78, 5) is 24.8. The molecule has 26 heavy (non-hydrogen) atoms. The van der Waals surface area contributed by atoms with Crippen molar-refractivity contribution in [3.05, 3.63) is 35.5 Å². The van der Waals surface area contributed by atoms with Crippen molar-refractivity contribution < 1.29 is 28.5 Å². The van der Waals surface area contributed by atoms with Crippen molar-refractivity contribution in [2.75, 3.05) is 6.61 Å². The Labute approximate surface area is 151 Å². The third-order valence-corrected chi connectivity index (χ3v) is 6.79. The first-order chi connectivity index (χ1) is 12.4. The van der Waals surface area contributed by atoms with Crippen LogP contribution >= 0.6 is 0 Å². The Morgan fingerprint density at radius 1 is 1.42 bits per heavy atom. The first-order valence-corrected chi connectivity index (χ1v) is 9.10. The van der Waals surface area contributed by atoms with E-state index in [9.17, 15) is 9.59 Å². The van der Waals surface area contributed by atoms with E-state index in [1.807, 2.05) is 6.92 Å². The second-order valence-electron chi connectivity index (χ2n) is 7.99. The van der Waals surface area contributed by atoms with E-state index in [0.717, 1.165) is 5.57 Å². The van der Waals surface area contributed by atoms with Crippen LogP contribution in [0.3, 0.4) is 0 Å². The summed E-state index contributed by atoms with van der Waals surface area (Å²) in [7, 11) is 0. The molecule has 3 heterocycles. The van der Waals surface area contributed by atoms with E-state index in [-0.39, 0.29) is 24.0 Å². The lowest BCUT2D eigenvalue weighted by Crippen LogP contribution is -2.46. The minimum atomic E-state index is -0.652. The van der Waals surface area contributed by atoms with Gasteiger partial charge in [-0.1, -0.05) is 24.3 Å². The number of carbonyl (C=O) groups excluding carboxylic acids is 2. The molecule has 0 aromatic carbocycles. The van der Waals surface area contributed by atoms with Gasteiger partial charge in [0.1, 0.15) is 23.9 Å². The Bertz CT molecular complexity index is 788. The van der Waals surface area contributed by atoms with Crippen molar-refractivity contribution in [3.8, 4) is 0 Å². The quantitative estimate of drug-likeness (QED) is 0.324. The Balaban J connectivity index is 1.61. The van der Waals surface area contributed by atoms with Crippen LogP contribution in [-0.2, 0) is 28.5 Å². The van der Waals surface area contributed by atoms with Gasteiger partial charge in [-0.25, -0.2) is 9.59 Å². The molecule has 138 valence electrons. The molecule has 8 atom stereocenters. The Morgan fingerprint density at radius 3 is 2.81 bits per heavy atom. The lowest BCUT2D eigenvalue weighted by Gasteiger charge is -2.32. The zero-order valence-corrected chi connectivity index (χ0v) is 15.1. The summed E-state index contributed by atoms with van der Waals surface area (Å²) in [6.45, 7) is 10.1. The molecule has 3 saturated heterocycles. The van der Waals surface area contributed by atoms with Crippen LogP contribution in [0.2, 0.25) is 0 Å². The average Bonchev–Trinajstić information content (AvgIpc) is 3.16. The lowest BCUT2D eigenvalue weighted by molar-refractivity contribution is -0.161. The summed E-state index contributed by atoms with van der Waals surface area (Å²) in [5, 5.41) is 0. The molecule has 0 N–H and O–H groups in total. The highest BCUT2D eigenvalue weighted by Gasteiger charge is 2.76. The molecular weight excluding hydrogens is 336 g/mol. The van der Waals surface area contributed by atoms with Crippen LogP contribution in [0.25, 0.3) is 0 Å². The van der Waals surface area contributed by atoms with Gasteiger partial charge in [0.05, 0.1) is 18.6 Å². The molecule has 5 rings (SSSR count). The molecule has 0 unspecified atom stereocenters. The summed E-state index contributed by atoms with van der Waals surface area (Å²) < 4.78 is 23.9. The van der Waals surface area contributed by atoms with Crippen LogP contribution in [0.5, 0.6) is 0 Å². The van der Waals surface area contributed by atoms with Crippen molar-refractivity contribution in [1.82, 2.24) is 0 Å². The van der Waals surface area contributed by atoms with Gasteiger partial charge in [0, 0.05) is 23.0 Å². The Kier molecular flexibility index (Phi) is 3.18. The fourth-order valence-corrected chi connectivity index (χ4v) is 5.35. The number of hydrogen-bond acceptors (Lipinski definition) is 6. The van der Waals surface area contributed by atoms with Crippen LogP contribution in [0.4, 0.5) is 0 Å². The monoisotopic (exact) mass is 358 g/mol. The summed E-state index contributed by atoms with van der Waals surface area (Å²) in [5.74, 6) is -1.14. The summed E-state index contributed by atoms with van der Waals surface area (Å²) in [6, 6.07) is 0. The van der Waals surface area contributed by atoms with E-state index in [2.05, 4.69) is 12.7 Å². The van der Waals surface area contributed by atoms with Crippen molar-refractivity contribution in [3.63, 3.8) is 0 Å². The first-order valence-electron chi connectivity index (χ1n) is 9.10. The van der Waals surface area contributed by atoms with Crippen LogP contribution in [0, 0.1) is 17.8 Å². The normalized spacial score (nSPS) is 48.2. The maximum absolute atomic E-state index is 12.5. The van der Waals surface area contributed by atoms with Gasteiger partial charge in [0.15, 0.2) is 0 Å². The van der Waals surface area contributed by atoms with Crippen LogP contribution in [0.15, 0.2) is 35.5 Å². The number of carbonyl (C=O) groups is 2. The van der Waals surface area contributed by atoms with Gasteiger partial charge in [-0.2, -0.15) is 0 Å². The maximum atomic E-state index is 12.5. The molecule has 1 spiro atoms. The fraction of sp³-hybridized carbons (Fsp3) is 0.600. The van der Waals surface area contributed by atoms with E-state index in [0.29, 0.717) is 17.8 Å². The number of ether oxygens (including phenoxy) is 4. The molecule has 5 aliphatic rings. The van der Waals surface area contributed by atoms with E-state index < -0.39 is 35.7 Å². The topological polar surface area (TPSA) is 74.4 Å². The van der Waals surface area contributed by atoms with Crippen molar-refractivity contribution in [1.29, 1.82) is 0 Å². The highest BCUT2D eigenvalue weighted by molar-refractivity contribution is 5.92. The molecule has 6 heteroatoms. The summed E-state index contributed by atoms with van der Waals surface area (Å²) in [5.41, 5.74) is 1.55. The molecular formula is C20H22O6. The van der Waals surface area contributed by atoms with Gasteiger partial charge in [0.2, 0.25) is 0 Å². The van der Waals surface area contributed by atoms with E-state index >= 15 is 0 Å². The largest absolute Gasteiger partial charge is 0.458 e. The van der Waals surface area contributed by atoms with Crippen molar-refractivity contribution in [2.24, 2.45) is 17.8 Å². The number of allylic oxidation sites excluding steroid dienone is 1. The smallest absolute Gasteiger partial charge is 0.334 e. The third-order valence-electron chi connectivity index (χ3n) is 6.79. The Hall–Kier alpha value is -1.92. The van der Waals surface area contributed by atoms with Gasteiger partial charge in [0.25, 0.3) is 0 Å². The van der Waals surface area contributed by atoms with E-state index in [4.69, 9.17) is 18.9 Å². The summed E-state index contributed by atoms with van der Waals surface area (Å²) in [6.07, 6.45) is 2.26. The molecule has 0 aromatic rings. The zero-order chi connectivity index (χ0) is 18.4.